The Morgan fingerprint density at radius 2 is 1.62 bits per heavy atom. The van der Waals surface area contributed by atoms with Crippen LogP contribution >= 0.6 is 0 Å². The van der Waals surface area contributed by atoms with Crippen LogP contribution in [0.1, 0.15) is 42.6 Å². The highest BCUT2D eigenvalue weighted by Gasteiger charge is 2.19. The van der Waals surface area contributed by atoms with Gasteiger partial charge in [-0.1, -0.05) is 55.5 Å². The molecule has 0 radical (unpaired) electrons. The van der Waals surface area contributed by atoms with Crippen molar-refractivity contribution in [1.29, 1.82) is 0 Å². The van der Waals surface area contributed by atoms with Crippen LogP contribution in [0.15, 0.2) is 54.6 Å². The highest BCUT2D eigenvalue weighted by Crippen LogP contribution is 2.16. The average Bonchev–Trinajstić information content (AvgIpc) is 2.67. The number of ketones is 1. The van der Waals surface area contributed by atoms with Crippen molar-refractivity contribution < 1.29 is 19.1 Å². The SMILES string of the molecule is CCc1ccccc1NC(=O)CCC(=O)O[C@@H](C)C(=O)c1ccccc1. The summed E-state index contributed by atoms with van der Waals surface area (Å²) in [4.78, 5) is 36.1. The van der Waals surface area contributed by atoms with E-state index in [1.165, 1.54) is 6.92 Å². The van der Waals surface area contributed by atoms with Crippen LogP contribution in [0.25, 0.3) is 0 Å². The van der Waals surface area contributed by atoms with Gasteiger partial charge in [-0.25, -0.2) is 0 Å². The Bertz CT molecular complexity index is 771. The third kappa shape index (κ3) is 5.55. The summed E-state index contributed by atoms with van der Waals surface area (Å²) < 4.78 is 5.14. The lowest BCUT2D eigenvalue weighted by Crippen LogP contribution is -2.25. The smallest absolute Gasteiger partial charge is 0.307 e. The van der Waals surface area contributed by atoms with E-state index in [4.69, 9.17) is 4.74 Å². The number of para-hydroxylation sites is 1. The molecule has 1 N–H and O–H groups in total. The zero-order chi connectivity index (χ0) is 18.9. The van der Waals surface area contributed by atoms with Crippen molar-refractivity contribution in [3.8, 4) is 0 Å². The number of amides is 1. The number of aryl methyl sites for hydroxylation is 1. The number of nitrogens with one attached hydrogen (secondary N) is 1. The molecule has 0 aliphatic carbocycles. The van der Waals surface area contributed by atoms with Crippen molar-refractivity contribution in [1.82, 2.24) is 0 Å². The Balaban J connectivity index is 1.81. The van der Waals surface area contributed by atoms with Crippen LogP contribution in [-0.4, -0.2) is 23.8 Å². The molecule has 5 nitrogen and oxygen atoms in total. The number of anilines is 1. The number of hydrogen-bond donors (Lipinski definition) is 1. The van der Waals surface area contributed by atoms with E-state index >= 15 is 0 Å². The first-order chi connectivity index (χ1) is 12.5. The van der Waals surface area contributed by atoms with Gasteiger partial charge in [-0.3, -0.25) is 14.4 Å². The molecule has 26 heavy (non-hydrogen) atoms. The summed E-state index contributed by atoms with van der Waals surface area (Å²) in [5.41, 5.74) is 2.27. The minimum absolute atomic E-state index is 0.00310. The van der Waals surface area contributed by atoms with Gasteiger partial charge >= 0.3 is 5.97 Å². The van der Waals surface area contributed by atoms with Crippen LogP contribution in [0.2, 0.25) is 0 Å². The summed E-state index contributed by atoms with van der Waals surface area (Å²) in [6, 6.07) is 16.2. The minimum atomic E-state index is -0.881. The topological polar surface area (TPSA) is 72.5 Å². The van der Waals surface area contributed by atoms with Gasteiger partial charge < -0.3 is 10.1 Å². The van der Waals surface area contributed by atoms with Gasteiger partial charge in [-0.15, -0.1) is 0 Å². The standard InChI is InChI=1S/C21H23NO4/c1-3-16-9-7-8-12-18(16)22-19(23)13-14-20(24)26-15(2)21(25)17-10-5-4-6-11-17/h4-12,15H,3,13-14H2,1-2H3,(H,22,23)/t15-/m0/s1. The van der Waals surface area contributed by atoms with E-state index in [1.807, 2.05) is 37.3 Å². The van der Waals surface area contributed by atoms with Gasteiger partial charge in [0.1, 0.15) is 0 Å². The highest BCUT2D eigenvalue weighted by molar-refractivity contribution is 6.00. The first-order valence-electron chi connectivity index (χ1n) is 8.67. The number of carbonyl (C=O) groups excluding carboxylic acids is 3. The molecule has 0 spiro atoms. The van der Waals surface area contributed by atoms with E-state index in [0.717, 1.165) is 17.7 Å². The van der Waals surface area contributed by atoms with Crippen LogP contribution in [0.4, 0.5) is 5.69 Å². The molecule has 0 bridgehead atoms. The third-order valence-corrected chi connectivity index (χ3v) is 3.96. The fourth-order valence-electron chi connectivity index (χ4n) is 2.53. The molecule has 0 saturated carbocycles. The molecule has 136 valence electrons. The Morgan fingerprint density at radius 3 is 2.31 bits per heavy atom. The van der Waals surface area contributed by atoms with E-state index in [0.29, 0.717) is 5.56 Å². The van der Waals surface area contributed by atoms with Crippen LogP contribution in [0, 0.1) is 0 Å². The summed E-state index contributed by atoms with van der Waals surface area (Å²) >= 11 is 0. The second-order valence-corrected chi connectivity index (χ2v) is 5.92. The maximum atomic E-state index is 12.2. The molecule has 2 rings (SSSR count). The molecular formula is C21H23NO4. The number of hydrogen-bond acceptors (Lipinski definition) is 4. The van der Waals surface area contributed by atoms with Crippen LogP contribution in [0.3, 0.4) is 0 Å². The Kier molecular flexibility index (Phi) is 7.09. The molecule has 1 atom stereocenters. The summed E-state index contributed by atoms with van der Waals surface area (Å²) in [6.07, 6.45) is -0.151. The molecule has 0 heterocycles. The lowest BCUT2D eigenvalue weighted by atomic mass is 10.1. The second kappa shape index (κ2) is 9.51. The molecule has 2 aromatic rings. The van der Waals surface area contributed by atoms with Gasteiger partial charge in [0, 0.05) is 17.7 Å². The molecule has 0 saturated heterocycles. The van der Waals surface area contributed by atoms with Crippen molar-refractivity contribution in [2.24, 2.45) is 0 Å². The lowest BCUT2D eigenvalue weighted by Gasteiger charge is -2.13. The lowest BCUT2D eigenvalue weighted by molar-refractivity contribution is -0.147. The number of carbonyl (C=O) groups is 3. The monoisotopic (exact) mass is 353 g/mol. The van der Waals surface area contributed by atoms with Crippen LogP contribution in [0.5, 0.6) is 0 Å². The van der Waals surface area contributed by atoms with E-state index in [1.54, 1.807) is 24.3 Å². The molecule has 5 heteroatoms. The van der Waals surface area contributed by atoms with Gasteiger partial charge in [0.2, 0.25) is 11.7 Å². The zero-order valence-corrected chi connectivity index (χ0v) is 15.0. The number of ether oxygens (including phenoxy) is 1. The first-order valence-corrected chi connectivity index (χ1v) is 8.67. The largest absolute Gasteiger partial charge is 0.454 e. The minimum Gasteiger partial charge on any atom is -0.454 e. The fraction of sp³-hybridized carbons (Fsp3) is 0.286. The average molecular weight is 353 g/mol. The van der Waals surface area contributed by atoms with Gasteiger partial charge in [-0.05, 0) is 25.0 Å². The zero-order valence-electron chi connectivity index (χ0n) is 15.0. The Morgan fingerprint density at radius 1 is 0.962 bits per heavy atom. The Labute approximate surface area is 153 Å². The van der Waals surface area contributed by atoms with Gasteiger partial charge in [-0.2, -0.15) is 0 Å². The molecule has 1 amide bonds. The molecule has 0 aliphatic rings. The van der Waals surface area contributed by atoms with E-state index in [2.05, 4.69) is 5.32 Å². The van der Waals surface area contributed by atoms with Gasteiger partial charge in [0.15, 0.2) is 6.10 Å². The molecule has 0 fully saturated rings. The molecular weight excluding hydrogens is 330 g/mol. The van der Waals surface area contributed by atoms with Gasteiger partial charge in [0.05, 0.1) is 6.42 Å². The van der Waals surface area contributed by atoms with Crippen LogP contribution < -0.4 is 5.32 Å². The predicted molar refractivity (Wildman–Crippen MR) is 100 cm³/mol. The maximum absolute atomic E-state index is 12.2. The third-order valence-electron chi connectivity index (χ3n) is 3.96. The molecule has 0 unspecified atom stereocenters. The van der Waals surface area contributed by atoms with Crippen molar-refractivity contribution in [3.63, 3.8) is 0 Å². The Hall–Kier alpha value is -2.95. The number of rotatable bonds is 8. The van der Waals surface area contributed by atoms with Gasteiger partial charge in [0.25, 0.3) is 0 Å². The van der Waals surface area contributed by atoms with Crippen LogP contribution in [-0.2, 0) is 20.7 Å². The number of benzene rings is 2. The first kappa shape index (κ1) is 19.4. The molecule has 2 aromatic carbocycles. The summed E-state index contributed by atoms with van der Waals surface area (Å²) in [6.45, 7) is 3.54. The molecule has 0 aromatic heterocycles. The normalized spacial score (nSPS) is 11.5. The highest BCUT2D eigenvalue weighted by atomic mass is 16.5. The fourth-order valence-corrected chi connectivity index (χ4v) is 2.53. The predicted octanol–water partition coefficient (Wildman–Crippen LogP) is 3.78. The summed E-state index contributed by atoms with van der Waals surface area (Å²) in [5, 5.41) is 2.81. The summed E-state index contributed by atoms with van der Waals surface area (Å²) in [7, 11) is 0. The quantitative estimate of drug-likeness (QED) is 0.579. The molecule has 0 aliphatic heterocycles. The van der Waals surface area contributed by atoms with E-state index < -0.39 is 12.1 Å². The second-order valence-electron chi connectivity index (χ2n) is 5.92. The van der Waals surface area contributed by atoms with E-state index in [9.17, 15) is 14.4 Å². The summed E-state index contributed by atoms with van der Waals surface area (Å²) in [5.74, 6) is -1.09. The van der Waals surface area contributed by atoms with Crippen molar-refractivity contribution in [3.05, 3.63) is 65.7 Å². The van der Waals surface area contributed by atoms with Crippen molar-refractivity contribution in [2.75, 3.05) is 5.32 Å². The van der Waals surface area contributed by atoms with Crippen molar-refractivity contribution >= 4 is 23.3 Å². The number of esters is 1. The van der Waals surface area contributed by atoms with E-state index in [-0.39, 0.29) is 24.5 Å². The van der Waals surface area contributed by atoms with Crippen molar-refractivity contribution in [2.45, 2.75) is 39.2 Å². The number of Topliss-reactive ketones (excluding diaryl/α,β-unsaturated/α-hetero) is 1. The maximum Gasteiger partial charge on any atom is 0.307 e.